The van der Waals surface area contributed by atoms with Crippen LogP contribution in [-0.2, 0) is 28.7 Å². The summed E-state index contributed by atoms with van der Waals surface area (Å²) in [5.74, 6) is -0.370. The Morgan fingerprint density at radius 2 is 1.68 bits per heavy atom. The quantitative estimate of drug-likeness (QED) is 0.439. The third-order valence-electron chi connectivity index (χ3n) is 8.21. The molecule has 13 atom stereocenters. The van der Waals surface area contributed by atoms with Crippen LogP contribution in [-0.4, -0.2) is 81.7 Å². The minimum Gasteiger partial charge on any atom is -0.394 e. The molecular weight excluding hydrogens is 412 g/mol. The molecular formula is C21H34O10. The average molecular weight is 446 g/mol. The Balaban J connectivity index is 1.41. The fourth-order valence-corrected chi connectivity index (χ4v) is 6.34. The molecule has 1 unspecified atom stereocenters. The lowest BCUT2D eigenvalue weighted by Gasteiger charge is -2.60. The Hall–Kier alpha value is -0.400. The highest BCUT2D eigenvalue weighted by atomic mass is 17.3. The van der Waals surface area contributed by atoms with E-state index in [0.29, 0.717) is 12.3 Å². The van der Waals surface area contributed by atoms with Gasteiger partial charge in [-0.05, 0) is 38.0 Å². The van der Waals surface area contributed by atoms with Crippen molar-refractivity contribution in [2.45, 2.75) is 101 Å². The molecule has 5 heterocycles. The van der Waals surface area contributed by atoms with Crippen molar-refractivity contribution in [2.75, 3.05) is 6.61 Å². The Kier molecular flexibility index (Phi) is 5.66. The van der Waals surface area contributed by atoms with E-state index in [1.165, 1.54) is 0 Å². The lowest BCUT2D eigenvalue weighted by molar-refractivity contribution is -0.579. The number of hydrogen-bond acceptors (Lipinski definition) is 10. The fourth-order valence-electron chi connectivity index (χ4n) is 6.34. The summed E-state index contributed by atoms with van der Waals surface area (Å²) in [6.45, 7) is 5.55. The number of hydrogen-bond donors (Lipinski definition) is 4. The van der Waals surface area contributed by atoms with Crippen LogP contribution in [0.4, 0.5) is 0 Å². The van der Waals surface area contributed by atoms with Gasteiger partial charge in [0.1, 0.15) is 24.4 Å². The lowest BCUT2D eigenvalue weighted by Crippen LogP contribution is -2.71. The third-order valence-corrected chi connectivity index (χ3v) is 8.21. The van der Waals surface area contributed by atoms with Crippen molar-refractivity contribution in [3.05, 3.63) is 0 Å². The highest BCUT2D eigenvalue weighted by Gasteiger charge is 2.69. The molecule has 5 saturated heterocycles. The summed E-state index contributed by atoms with van der Waals surface area (Å²) in [7, 11) is 0. The molecule has 178 valence electrons. The summed E-state index contributed by atoms with van der Waals surface area (Å²) in [6.07, 6.45) is -4.74. The summed E-state index contributed by atoms with van der Waals surface area (Å²) in [5, 5.41) is 40.0. The molecule has 0 amide bonds. The lowest BCUT2D eigenvalue weighted by atomic mass is 9.58. The van der Waals surface area contributed by atoms with Gasteiger partial charge >= 0.3 is 0 Å². The largest absolute Gasteiger partial charge is 0.394 e. The second-order valence-electron chi connectivity index (χ2n) is 10.1. The molecule has 1 spiro atoms. The van der Waals surface area contributed by atoms with Crippen molar-refractivity contribution in [2.24, 2.45) is 23.7 Å². The van der Waals surface area contributed by atoms with Crippen LogP contribution >= 0.6 is 0 Å². The maximum absolute atomic E-state index is 10.4. The third kappa shape index (κ3) is 3.30. The molecule has 10 nitrogen and oxygen atoms in total. The predicted molar refractivity (Wildman–Crippen MR) is 102 cm³/mol. The first kappa shape index (κ1) is 22.4. The summed E-state index contributed by atoms with van der Waals surface area (Å²) in [4.78, 5) is 11.9. The Bertz CT molecular complexity index is 677. The zero-order valence-electron chi connectivity index (χ0n) is 18.1. The highest BCUT2D eigenvalue weighted by Crippen LogP contribution is 2.60. The zero-order chi connectivity index (χ0) is 22.1. The molecule has 5 aliphatic heterocycles. The van der Waals surface area contributed by atoms with Gasteiger partial charge in [-0.25, -0.2) is 9.78 Å². The minimum atomic E-state index is -1.51. The Morgan fingerprint density at radius 1 is 0.903 bits per heavy atom. The normalized spacial score (nSPS) is 59.1. The second-order valence-corrected chi connectivity index (χ2v) is 10.1. The van der Waals surface area contributed by atoms with Gasteiger partial charge in [0.15, 0.2) is 24.5 Å². The van der Waals surface area contributed by atoms with Crippen molar-refractivity contribution in [3.8, 4) is 0 Å². The smallest absolute Gasteiger partial charge is 0.201 e. The summed E-state index contributed by atoms with van der Waals surface area (Å²) < 4.78 is 24.1. The highest BCUT2D eigenvalue weighted by molar-refractivity contribution is 5.09. The molecule has 1 aliphatic carbocycles. The van der Waals surface area contributed by atoms with E-state index in [1.807, 2.05) is 13.8 Å². The van der Waals surface area contributed by atoms with E-state index in [1.54, 1.807) is 0 Å². The Labute approximate surface area is 181 Å². The minimum absolute atomic E-state index is 0.0324. The van der Waals surface area contributed by atoms with Crippen LogP contribution in [0.5, 0.6) is 0 Å². The first-order valence-corrected chi connectivity index (χ1v) is 11.4. The zero-order valence-corrected chi connectivity index (χ0v) is 18.1. The standard InChI is InChI=1S/C21H34O10/c1-9-4-5-12-10(2)17(27-18-16(25)15(24)14(23)13(8-22)26-18)28-19-21(12)11(9)6-7-20(3,29-19)30-31-21/h9-19,22-25H,4-8H2,1-3H3/t9-,10-,11+,12+,13-,14-,15+,16-,17+,18?,19-,20+,21-/m1/s1. The second kappa shape index (κ2) is 7.83. The molecule has 6 fully saturated rings. The van der Waals surface area contributed by atoms with E-state index < -0.39 is 61.3 Å². The maximum Gasteiger partial charge on any atom is 0.201 e. The molecule has 6 aliphatic rings. The van der Waals surface area contributed by atoms with Gasteiger partial charge < -0.3 is 39.4 Å². The molecule has 4 N–H and O–H groups in total. The van der Waals surface area contributed by atoms with Gasteiger partial charge in [0.2, 0.25) is 5.79 Å². The van der Waals surface area contributed by atoms with Gasteiger partial charge in [-0.1, -0.05) is 13.8 Å². The Morgan fingerprint density at radius 3 is 2.42 bits per heavy atom. The number of fused-ring (bicyclic) bond motifs is 2. The molecule has 0 aromatic heterocycles. The van der Waals surface area contributed by atoms with Crippen LogP contribution in [0.25, 0.3) is 0 Å². The molecule has 10 heteroatoms. The van der Waals surface area contributed by atoms with Crippen LogP contribution < -0.4 is 0 Å². The first-order valence-electron chi connectivity index (χ1n) is 11.4. The number of rotatable bonds is 3. The topological polar surface area (TPSA) is 136 Å². The summed E-state index contributed by atoms with van der Waals surface area (Å²) in [6, 6.07) is 0. The summed E-state index contributed by atoms with van der Waals surface area (Å²) >= 11 is 0. The van der Waals surface area contributed by atoms with Crippen LogP contribution in [0.1, 0.15) is 46.5 Å². The van der Waals surface area contributed by atoms with Gasteiger partial charge in [0.25, 0.3) is 0 Å². The van der Waals surface area contributed by atoms with E-state index in [-0.39, 0.29) is 17.8 Å². The number of aliphatic hydroxyl groups is 4. The SMILES string of the molecule is C[C@H]1[C@@H](OC2O[C@H](CO)[C@@H](O)[C@H](O)[C@H]2O)O[C@@H]2O[C@]3(C)CC[C@H]4[C@H](C)CC[C@@H]1[C@@]24OO3. The maximum atomic E-state index is 10.4. The molecule has 0 aromatic carbocycles. The first-order chi connectivity index (χ1) is 14.7. The van der Waals surface area contributed by atoms with Crippen molar-refractivity contribution >= 4 is 0 Å². The van der Waals surface area contributed by atoms with Gasteiger partial charge in [-0.2, -0.15) is 0 Å². The van der Waals surface area contributed by atoms with Crippen molar-refractivity contribution in [1.82, 2.24) is 0 Å². The van der Waals surface area contributed by atoms with E-state index >= 15 is 0 Å². The fraction of sp³-hybridized carbons (Fsp3) is 1.00. The number of aliphatic hydroxyl groups excluding tert-OH is 4. The van der Waals surface area contributed by atoms with Gasteiger partial charge in [-0.3, -0.25) is 0 Å². The molecule has 2 bridgehead atoms. The van der Waals surface area contributed by atoms with Crippen LogP contribution in [0.3, 0.4) is 0 Å². The van der Waals surface area contributed by atoms with E-state index in [2.05, 4.69) is 6.92 Å². The molecule has 31 heavy (non-hydrogen) atoms. The summed E-state index contributed by atoms with van der Waals surface area (Å²) in [5.41, 5.74) is -0.734. The van der Waals surface area contributed by atoms with E-state index in [4.69, 9.17) is 28.7 Å². The predicted octanol–water partition coefficient (Wildman–Crippen LogP) is 0.0109. The van der Waals surface area contributed by atoms with E-state index in [0.717, 1.165) is 19.3 Å². The molecule has 0 aromatic rings. The van der Waals surface area contributed by atoms with Gasteiger partial charge in [0, 0.05) is 18.3 Å². The van der Waals surface area contributed by atoms with Gasteiger partial charge in [-0.15, -0.1) is 0 Å². The van der Waals surface area contributed by atoms with Crippen LogP contribution in [0.2, 0.25) is 0 Å². The van der Waals surface area contributed by atoms with Crippen molar-refractivity contribution in [1.29, 1.82) is 0 Å². The average Bonchev–Trinajstić information content (AvgIpc) is 2.98. The molecule has 1 saturated carbocycles. The van der Waals surface area contributed by atoms with E-state index in [9.17, 15) is 20.4 Å². The van der Waals surface area contributed by atoms with Crippen molar-refractivity contribution < 1.29 is 49.1 Å². The van der Waals surface area contributed by atoms with Crippen LogP contribution in [0, 0.1) is 23.7 Å². The number of ether oxygens (including phenoxy) is 4. The monoisotopic (exact) mass is 446 g/mol. The van der Waals surface area contributed by atoms with Gasteiger partial charge in [0.05, 0.1) is 6.61 Å². The van der Waals surface area contributed by atoms with Crippen molar-refractivity contribution in [3.63, 3.8) is 0 Å². The molecule has 0 radical (unpaired) electrons. The van der Waals surface area contributed by atoms with Crippen LogP contribution in [0.15, 0.2) is 0 Å². The molecule has 6 rings (SSSR count).